The maximum Gasteiger partial charge on any atom is 0.251 e. The van der Waals surface area contributed by atoms with Crippen LogP contribution in [0.15, 0.2) is 24.3 Å². The van der Waals surface area contributed by atoms with E-state index in [1.807, 2.05) is 0 Å². The van der Waals surface area contributed by atoms with Crippen molar-refractivity contribution in [1.82, 2.24) is 5.32 Å². The lowest BCUT2D eigenvalue weighted by Crippen LogP contribution is -2.27. The highest BCUT2D eigenvalue weighted by atomic mass is 16.5. The second-order valence-corrected chi connectivity index (χ2v) is 4.20. The molecular weight excluding hydrogens is 206 g/mol. The van der Waals surface area contributed by atoms with Crippen molar-refractivity contribution in [3.8, 4) is 5.75 Å². The predicted octanol–water partition coefficient (Wildman–Crippen LogP) is 1.20. The van der Waals surface area contributed by atoms with Gasteiger partial charge in [-0.3, -0.25) is 4.79 Å². The van der Waals surface area contributed by atoms with E-state index < -0.39 is 5.60 Å². The van der Waals surface area contributed by atoms with Gasteiger partial charge < -0.3 is 15.2 Å². The van der Waals surface area contributed by atoms with Crippen LogP contribution in [0.2, 0.25) is 0 Å². The van der Waals surface area contributed by atoms with Crippen LogP contribution in [0.1, 0.15) is 24.2 Å². The number of carbonyl (C=O) groups excluding carboxylic acids is 1. The zero-order valence-electron chi connectivity index (χ0n) is 9.78. The summed E-state index contributed by atoms with van der Waals surface area (Å²) in [6.45, 7) is 3.56. The van der Waals surface area contributed by atoms with Crippen LogP contribution < -0.4 is 10.1 Å². The number of hydrogen-bond acceptors (Lipinski definition) is 3. The number of hydrogen-bond donors (Lipinski definition) is 2. The molecule has 0 saturated heterocycles. The van der Waals surface area contributed by atoms with E-state index in [0.29, 0.717) is 11.3 Å². The fraction of sp³-hybridized carbons (Fsp3) is 0.417. The van der Waals surface area contributed by atoms with Crippen molar-refractivity contribution < 1.29 is 14.6 Å². The Kier molecular flexibility index (Phi) is 3.90. The summed E-state index contributed by atoms with van der Waals surface area (Å²) in [6, 6.07) is 6.77. The molecule has 1 rings (SSSR count). The fourth-order valence-electron chi connectivity index (χ4n) is 1.11. The van der Waals surface area contributed by atoms with Crippen molar-refractivity contribution in [3.63, 3.8) is 0 Å². The first-order chi connectivity index (χ1) is 7.42. The molecule has 0 unspecified atom stereocenters. The topological polar surface area (TPSA) is 58.6 Å². The molecular formula is C12H17NO3. The monoisotopic (exact) mass is 223 g/mol. The Morgan fingerprint density at radius 2 is 1.94 bits per heavy atom. The molecule has 88 valence electrons. The molecule has 0 fully saturated rings. The van der Waals surface area contributed by atoms with Crippen LogP contribution >= 0.6 is 0 Å². The second kappa shape index (κ2) is 4.99. The minimum Gasteiger partial charge on any atom is -0.491 e. The Morgan fingerprint density at radius 3 is 2.38 bits per heavy atom. The van der Waals surface area contributed by atoms with Crippen LogP contribution in [0.5, 0.6) is 5.75 Å². The molecule has 0 bridgehead atoms. The average Bonchev–Trinajstić information content (AvgIpc) is 2.25. The first kappa shape index (κ1) is 12.5. The molecule has 4 nitrogen and oxygen atoms in total. The van der Waals surface area contributed by atoms with Gasteiger partial charge in [0.2, 0.25) is 0 Å². The summed E-state index contributed by atoms with van der Waals surface area (Å²) in [5.41, 5.74) is -0.280. The lowest BCUT2D eigenvalue weighted by Gasteiger charge is -2.17. The van der Waals surface area contributed by atoms with E-state index in [2.05, 4.69) is 5.32 Å². The van der Waals surface area contributed by atoms with E-state index in [1.54, 1.807) is 45.2 Å². The van der Waals surface area contributed by atoms with Crippen molar-refractivity contribution in [1.29, 1.82) is 0 Å². The molecule has 0 heterocycles. The standard InChI is InChI=1S/C12H17NO3/c1-12(2,15)8-16-10-6-4-9(5-7-10)11(14)13-3/h4-7,15H,8H2,1-3H3,(H,13,14). The molecule has 1 amide bonds. The Bertz CT molecular complexity index is 352. The number of ether oxygens (including phenoxy) is 1. The molecule has 0 aliphatic carbocycles. The van der Waals surface area contributed by atoms with E-state index in [4.69, 9.17) is 4.74 Å². The van der Waals surface area contributed by atoms with Gasteiger partial charge in [0.1, 0.15) is 12.4 Å². The average molecular weight is 223 g/mol. The van der Waals surface area contributed by atoms with Crippen LogP contribution in [-0.4, -0.2) is 30.3 Å². The SMILES string of the molecule is CNC(=O)c1ccc(OCC(C)(C)O)cc1. The number of nitrogens with one attached hydrogen (secondary N) is 1. The van der Waals surface area contributed by atoms with Gasteiger partial charge in [0.15, 0.2) is 0 Å². The smallest absolute Gasteiger partial charge is 0.251 e. The van der Waals surface area contributed by atoms with Crippen LogP contribution in [0.25, 0.3) is 0 Å². The highest BCUT2D eigenvalue weighted by molar-refractivity contribution is 5.94. The third-order valence-corrected chi connectivity index (χ3v) is 1.94. The minimum absolute atomic E-state index is 0.131. The van der Waals surface area contributed by atoms with Gasteiger partial charge in [-0.2, -0.15) is 0 Å². The Labute approximate surface area is 95.2 Å². The van der Waals surface area contributed by atoms with Gasteiger partial charge in [0.25, 0.3) is 5.91 Å². The largest absolute Gasteiger partial charge is 0.491 e. The summed E-state index contributed by atoms with van der Waals surface area (Å²) < 4.78 is 5.36. The normalized spacial score (nSPS) is 11.0. The molecule has 16 heavy (non-hydrogen) atoms. The third-order valence-electron chi connectivity index (χ3n) is 1.94. The Hall–Kier alpha value is -1.55. The summed E-state index contributed by atoms with van der Waals surface area (Å²) in [5, 5.41) is 12.0. The van der Waals surface area contributed by atoms with Gasteiger partial charge in [-0.25, -0.2) is 0 Å². The summed E-state index contributed by atoms with van der Waals surface area (Å²) in [5.74, 6) is 0.504. The lowest BCUT2D eigenvalue weighted by molar-refractivity contribution is 0.0285. The van der Waals surface area contributed by atoms with Gasteiger partial charge in [-0.15, -0.1) is 0 Å². The molecule has 1 aromatic carbocycles. The first-order valence-corrected chi connectivity index (χ1v) is 5.10. The molecule has 0 saturated carbocycles. The zero-order chi connectivity index (χ0) is 12.2. The van der Waals surface area contributed by atoms with Crippen LogP contribution in [-0.2, 0) is 0 Å². The Balaban J connectivity index is 2.62. The van der Waals surface area contributed by atoms with Crippen molar-refractivity contribution in [3.05, 3.63) is 29.8 Å². The highest BCUT2D eigenvalue weighted by Gasteiger charge is 2.13. The molecule has 0 aromatic heterocycles. The molecule has 0 atom stereocenters. The first-order valence-electron chi connectivity index (χ1n) is 5.10. The van der Waals surface area contributed by atoms with Crippen LogP contribution in [0.4, 0.5) is 0 Å². The van der Waals surface area contributed by atoms with Crippen LogP contribution in [0.3, 0.4) is 0 Å². The summed E-state index contributed by atoms with van der Waals surface area (Å²) in [6.07, 6.45) is 0. The summed E-state index contributed by atoms with van der Waals surface area (Å²) in [4.78, 5) is 11.2. The van der Waals surface area contributed by atoms with Crippen molar-refractivity contribution >= 4 is 5.91 Å². The predicted molar refractivity (Wildman–Crippen MR) is 61.6 cm³/mol. The van der Waals surface area contributed by atoms with Gasteiger partial charge >= 0.3 is 0 Å². The lowest BCUT2D eigenvalue weighted by atomic mass is 10.1. The number of carbonyl (C=O) groups is 1. The Morgan fingerprint density at radius 1 is 1.38 bits per heavy atom. The number of amides is 1. The second-order valence-electron chi connectivity index (χ2n) is 4.20. The van der Waals surface area contributed by atoms with E-state index in [9.17, 15) is 9.90 Å². The number of rotatable bonds is 4. The maximum atomic E-state index is 11.2. The molecule has 0 aliphatic rings. The molecule has 0 spiro atoms. The van der Waals surface area contributed by atoms with Gasteiger partial charge in [-0.05, 0) is 38.1 Å². The molecule has 1 aromatic rings. The fourth-order valence-corrected chi connectivity index (χ4v) is 1.11. The van der Waals surface area contributed by atoms with E-state index in [-0.39, 0.29) is 12.5 Å². The zero-order valence-corrected chi connectivity index (χ0v) is 9.78. The molecule has 2 N–H and O–H groups in total. The van der Waals surface area contributed by atoms with E-state index in [0.717, 1.165) is 0 Å². The van der Waals surface area contributed by atoms with Gasteiger partial charge in [0.05, 0.1) is 5.60 Å². The molecule has 4 heteroatoms. The van der Waals surface area contributed by atoms with E-state index in [1.165, 1.54) is 0 Å². The van der Waals surface area contributed by atoms with Gasteiger partial charge in [-0.1, -0.05) is 0 Å². The summed E-state index contributed by atoms with van der Waals surface area (Å²) in [7, 11) is 1.58. The maximum absolute atomic E-state index is 11.2. The summed E-state index contributed by atoms with van der Waals surface area (Å²) >= 11 is 0. The third kappa shape index (κ3) is 3.90. The van der Waals surface area contributed by atoms with Crippen LogP contribution in [0, 0.1) is 0 Å². The molecule has 0 radical (unpaired) electrons. The highest BCUT2D eigenvalue weighted by Crippen LogP contribution is 2.14. The van der Waals surface area contributed by atoms with Gasteiger partial charge in [0, 0.05) is 12.6 Å². The number of aliphatic hydroxyl groups is 1. The minimum atomic E-state index is -0.862. The van der Waals surface area contributed by atoms with Crippen molar-refractivity contribution in [2.75, 3.05) is 13.7 Å². The molecule has 0 aliphatic heterocycles. The van der Waals surface area contributed by atoms with Crippen molar-refractivity contribution in [2.24, 2.45) is 0 Å². The number of benzene rings is 1. The van der Waals surface area contributed by atoms with Crippen molar-refractivity contribution in [2.45, 2.75) is 19.4 Å². The quantitative estimate of drug-likeness (QED) is 0.806. The van der Waals surface area contributed by atoms with E-state index >= 15 is 0 Å².